The second-order valence-electron chi connectivity index (χ2n) is 6.17. The summed E-state index contributed by atoms with van der Waals surface area (Å²) in [7, 11) is 1.58. The van der Waals surface area contributed by atoms with Crippen molar-refractivity contribution in [3.05, 3.63) is 39.7 Å². The van der Waals surface area contributed by atoms with Crippen LogP contribution >= 0.6 is 0 Å². The van der Waals surface area contributed by atoms with E-state index in [4.69, 9.17) is 4.74 Å². The summed E-state index contributed by atoms with van der Waals surface area (Å²) in [5, 5.41) is 10.2. The highest BCUT2D eigenvalue weighted by Gasteiger charge is 2.21. The molecule has 0 radical (unpaired) electrons. The van der Waals surface area contributed by atoms with Gasteiger partial charge in [0.2, 0.25) is 0 Å². The number of carbonyl (C=O) groups excluding carboxylic acids is 1. The van der Waals surface area contributed by atoms with Crippen molar-refractivity contribution in [2.45, 2.75) is 33.7 Å². The molecule has 5 heteroatoms. The number of hydrogen-bond donors (Lipinski definition) is 1. The van der Waals surface area contributed by atoms with Crippen LogP contribution < -0.4 is 10.2 Å². The number of aliphatic hydroxyl groups excluding tert-OH is 1. The molecule has 0 saturated heterocycles. The Kier molecular flexibility index (Phi) is 4.90. The maximum Gasteiger partial charge on any atom is 0.200 e. The number of benzene rings is 1. The maximum absolute atomic E-state index is 12.6. The Morgan fingerprint density at radius 1 is 1.35 bits per heavy atom. The second-order valence-corrected chi connectivity index (χ2v) is 6.17. The number of carbonyl (C=O) groups is 1. The van der Waals surface area contributed by atoms with Gasteiger partial charge in [-0.05, 0) is 31.4 Å². The van der Waals surface area contributed by atoms with Crippen LogP contribution in [0.15, 0.2) is 23.1 Å². The predicted octanol–water partition coefficient (Wildman–Crippen LogP) is 2.71. The zero-order chi connectivity index (χ0) is 17.3. The molecule has 2 rings (SSSR count). The zero-order valence-electron chi connectivity index (χ0n) is 14.2. The molecule has 0 aliphatic rings. The van der Waals surface area contributed by atoms with Gasteiger partial charge in [-0.25, -0.2) is 0 Å². The third kappa shape index (κ3) is 3.01. The SMILES string of the molecule is COc1cc2c(cc1C)c(=O)c(C(C)=O)cn2[C@H](CO)C(C)C. The Morgan fingerprint density at radius 3 is 2.48 bits per heavy atom. The minimum Gasteiger partial charge on any atom is -0.496 e. The van der Waals surface area contributed by atoms with Crippen LogP contribution in [0.1, 0.15) is 42.7 Å². The van der Waals surface area contributed by atoms with E-state index in [2.05, 4.69) is 0 Å². The van der Waals surface area contributed by atoms with Crippen molar-refractivity contribution in [3.8, 4) is 5.75 Å². The summed E-state index contributed by atoms with van der Waals surface area (Å²) in [5.74, 6) is 0.527. The third-order valence-corrected chi connectivity index (χ3v) is 4.24. The van der Waals surface area contributed by atoms with E-state index in [-0.39, 0.29) is 35.3 Å². The van der Waals surface area contributed by atoms with Crippen LogP contribution in [0.5, 0.6) is 5.75 Å². The number of aryl methyl sites for hydroxylation is 1. The first-order valence-corrected chi connectivity index (χ1v) is 7.67. The van der Waals surface area contributed by atoms with Gasteiger partial charge in [0, 0.05) is 17.6 Å². The summed E-state index contributed by atoms with van der Waals surface area (Å²) in [6.07, 6.45) is 1.56. The molecule has 1 atom stereocenters. The highest BCUT2D eigenvalue weighted by atomic mass is 16.5. The van der Waals surface area contributed by atoms with Gasteiger partial charge in [0.25, 0.3) is 0 Å². The van der Waals surface area contributed by atoms with Crippen molar-refractivity contribution in [3.63, 3.8) is 0 Å². The van der Waals surface area contributed by atoms with E-state index in [0.29, 0.717) is 16.7 Å². The normalized spacial score (nSPS) is 12.7. The highest BCUT2D eigenvalue weighted by Crippen LogP contribution is 2.28. The Morgan fingerprint density at radius 2 is 2.00 bits per heavy atom. The summed E-state index contributed by atoms with van der Waals surface area (Å²) in [6.45, 7) is 7.14. The van der Waals surface area contributed by atoms with Crippen molar-refractivity contribution < 1.29 is 14.6 Å². The molecule has 2 aromatic rings. The molecular formula is C18H23NO4. The van der Waals surface area contributed by atoms with Gasteiger partial charge in [-0.2, -0.15) is 0 Å². The van der Waals surface area contributed by atoms with Gasteiger partial charge in [-0.1, -0.05) is 13.8 Å². The number of nitrogens with zero attached hydrogens (tertiary/aromatic N) is 1. The van der Waals surface area contributed by atoms with Crippen molar-refractivity contribution in [2.24, 2.45) is 5.92 Å². The molecule has 1 aromatic heterocycles. The van der Waals surface area contributed by atoms with Gasteiger partial charge in [0.05, 0.1) is 30.8 Å². The molecule has 0 aliphatic heterocycles. The lowest BCUT2D eigenvalue weighted by molar-refractivity contribution is 0.101. The van der Waals surface area contributed by atoms with Gasteiger partial charge in [0.15, 0.2) is 11.2 Å². The number of ketones is 1. The highest BCUT2D eigenvalue weighted by molar-refractivity contribution is 5.97. The summed E-state index contributed by atoms with van der Waals surface area (Å²) >= 11 is 0. The fourth-order valence-corrected chi connectivity index (χ4v) is 2.85. The van der Waals surface area contributed by atoms with E-state index in [1.54, 1.807) is 25.4 Å². The smallest absolute Gasteiger partial charge is 0.200 e. The van der Waals surface area contributed by atoms with E-state index in [1.807, 2.05) is 25.3 Å². The average Bonchev–Trinajstić information content (AvgIpc) is 2.49. The zero-order valence-corrected chi connectivity index (χ0v) is 14.2. The first kappa shape index (κ1) is 17.2. The summed E-state index contributed by atoms with van der Waals surface area (Å²) in [6, 6.07) is 3.30. The first-order valence-electron chi connectivity index (χ1n) is 7.67. The number of aliphatic hydroxyl groups is 1. The van der Waals surface area contributed by atoms with Crippen LogP contribution in [0.4, 0.5) is 0 Å². The van der Waals surface area contributed by atoms with Gasteiger partial charge < -0.3 is 14.4 Å². The molecule has 5 nitrogen and oxygen atoms in total. The number of fused-ring (bicyclic) bond motifs is 1. The minimum atomic E-state index is -0.282. The van der Waals surface area contributed by atoms with Crippen LogP contribution in [-0.4, -0.2) is 29.2 Å². The van der Waals surface area contributed by atoms with Crippen molar-refractivity contribution in [1.82, 2.24) is 4.57 Å². The molecule has 0 bridgehead atoms. The van der Waals surface area contributed by atoms with Crippen LogP contribution in [0.25, 0.3) is 10.9 Å². The Balaban J connectivity index is 2.95. The van der Waals surface area contributed by atoms with E-state index in [1.165, 1.54) is 6.92 Å². The fraction of sp³-hybridized carbons (Fsp3) is 0.444. The first-order chi connectivity index (χ1) is 10.8. The quantitative estimate of drug-likeness (QED) is 0.861. The van der Waals surface area contributed by atoms with E-state index in [9.17, 15) is 14.7 Å². The number of methoxy groups -OCH3 is 1. The number of aromatic nitrogens is 1. The average molecular weight is 317 g/mol. The minimum absolute atomic E-state index is 0.0802. The van der Waals surface area contributed by atoms with Gasteiger partial charge >= 0.3 is 0 Å². The summed E-state index contributed by atoms with van der Waals surface area (Å²) in [5.41, 5.74) is 1.35. The molecule has 0 aliphatic carbocycles. The molecule has 0 saturated carbocycles. The van der Waals surface area contributed by atoms with Gasteiger partial charge in [0.1, 0.15) is 5.75 Å². The number of hydrogen-bond acceptors (Lipinski definition) is 4. The molecule has 1 aromatic carbocycles. The van der Waals surface area contributed by atoms with Crippen molar-refractivity contribution in [1.29, 1.82) is 0 Å². The monoisotopic (exact) mass is 317 g/mol. The molecule has 0 spiro atoms. The Bertz CT molecular complexity index is 805. The largest absolute Gasteiger partial charge is 0.496 e. The Hall–Kier alpha value is -2.14. The second kappa shape index (κ2) is 6.54. The lowest BCUT2D eigenvalue weighted by Gasteiger charge is -2.25. The molecular weight excluding hydrogens is 294 g/mol. The van der Waals surface area contributed by atoms with Crippen LogP contribution in [-0.2, 0) is 0 Å². The summed E-state index contributed by atoms with van der Waals surface area (Å²) < 4.78 is 7.17. The van der Waals surface area contributed by atoms with Crippen molar-refractivity contribution in [2.75, 3.05) is 13.7 Å². The lowest BCUT2D eigenvalue weighted by atomic mass is 10.0. The fourth-order valence-electron chi connectivity index (χ4n) is 2.85. The molecule has 0 amide bonds. The lowest BCUT2D eigenvalue weighted by Crippen LogP contribution is -2.25. The van der Waals surface area contributed by atoms with Gasteiger partial charge in [-0.15, -0.1) is 0 Å². The maximum atomic E-state index is 12.6. The van der Waals surface area contributed by atoms with Crippen LogP contribution in [0.2, 0.25) is 0 Å². The molecule has 124 valence electrons. The number of ether oxygens (including phenoxy) is 1. The topological polar surface area (TPSA) is 68.5 Å². The third-order valence-electron chi connectivity index (χ3n) is 4.24. The molecule has 1 heterocycles. The van der Waals surface area contributed by atoms with Gasteiger partial charge in [-0.3, -0.25) is 9.59 Å². The number of pyridine rings is 1. The molecule has 23 heavy (non-hydrogen) atoms. The van der Waals surface area contributed by atoms with E-state index < -0.39 is 0 Å². The molecule has 1 N–H and O–H groups in total. The summed E-state index contributed by atoms with van der Waals surface area (Å²) in [4.78, 5) is 24.5. The Labute approximate surface area is 135 Å². The van der Waals surface area contributed by atoms with Crippen LogP contribution in [0, 0.1) is 12.8 Å². The van der Waals surface area contributed by atoms with E-state index in [0.717, 1.165) is 5.56 Å². The molecule has 0 fully saturated rings. The number of Topliss-reactive ketones (excluding diaryl/α,β-unsaturated/α-hetero) is 1. The molecule has 0 unspecified atom stereocenters. The van der Waals surface area contributed by atoms with Crippen molar-refractivity contribution >= 4 is 16.7 Å². The predicted molar refractivity (Wildman–Crippen MR) is 90.5 cm³/mol. The van der Waals surface area contributed by atoms with E-state index >= 15 is 0 Å². The number of rotatable bonds is 5. The van der Waals surface area contributed by atoms with Crippen LogP contribution in [0.3, 0.4) is 0 Å². The standard InChI is InChI=1S/C18H23NO4/c1-10(2)16(9-20)19-8-14(12(4)21)18(22)13-6-11(3)17(23-5)7-15(13)19/h6-8,10,16,20H,9H2,1-5H3/t16-/m1/s1.